The normalized spacial score (nSPS) is 24.6. The highest BCUT2D eigenvalue weighted by Gasteiger charge is 2.30. The Morgan fingerprint density at radius 3 is 3.05 bits per heavy atom. The molecular weight excluding hydrogens is 276 g/mol. The molecule has 0 spiro atoms. The van der Waals surface area contributed by atoms with Gasteiger partial charge in [-0.2, -0.15) is 11.3 Å². The van der Waals surface area contributed by atoms with E-state index in [4.69, 9.17) is 15.2 Å². The zero-order valence-corrected chi connectivity index (χ0v) is 12.8. The molecule has 112 valence electrons. The SMILES string of the molecule is COC(CN)CC(=O)N1CC(C)OC(c2ccsc2)C1. The van der Waals surface area contributed by atoms with E-state index >= 15 is 0 Å². The minimum atomic E-state index is -0.208. The topological polar surface area (TPSA) is 64.8 Å². The zero-order chi connectivity index (χ0) is 14.5. The second kappa shape index (κ2) is 7.17. The zero-order valence-electron chi connectivity index (χ0n) is 12.0. The Bertz CT molecular complexity index is 420. The number of hydrogen-bond acceptors (Lipinski definition) is 5. The maximum absolute atomic E-state index is 12.3. The fourth-order valence-electron chi connectivity index (χ4n) is 2.38. The summed E-state index contributed by atoms with van der Waals surface area (Å²) in [7, 11) is 1.58. The largest absolute Gasteiger partial charge is 0.380 e. The van der Waals surface area contributed by atoms with E-state index in [-0.39, 0.29) is 24.2 Å². The average Bonchev–Trinajstić information content (AvgIpc) is 2.98. The van der Waals surface area contributed by atoms with E-state index in [1.165, 1.54) is 0 Å². The van der Waals surface area contributed by atoms with Gasteiger partial charge >= 0.3 is 0 Å². The number of hydrogen-bond donors (Lipinski definition) is 1. The first-order valence-electron chi connectivity index (χ1n) is 6.82. The van der Waals surface area contributed by atoms with Gasteiger partial charge in [0, 0.05) is 20.2 Å². The van der Waals surface area contributed by atoms with E-state index in [2.05, 4.69) is 5.38 Å². The van der Waals surface area contributed by atoms with Crippen LogP contribution >= 0.6 is 11.3 Å². The number of amides is 1. The molecule has 2 N–H and O–H groups in total. The van der Waals surface area contributed by atoms with Crippen molar-refractivity contribution in [2.75, 3.05) is 26.7 Å². The van der Waals surface area contributed by atoms with Crippen LogP contribution in [0.4, 0.5) is 0 Å². The molecule has 1 saturated heterocycles. The van der Waals surface area contributed by atoms with Crippen LogP contribution in [0.1, 0.15) is 25.0 Å². The smallest absolute Gasteiger partial charge is 0.225 e. The summed E-state index contributed by atoms with van der Waals surface area (Å²) in [5.41, 5.74) is 6.71. The monoisotopic (exact) mass is 298 g/mol. The Kier molecular flexibility index (Phi) is 5.54. The molecular formula is C14H22N2O3S. The summed E-state index contributed by atoms with van der Waals surface area (Å²) in [4.78, 5) is 14.2. The predicted octanol–water partition coefficient (Wildman–Crippen LogP) is 1.40. The fraction of sp³-hybridized carbons (Fsp3) is 0.643. The predicted molar refractivity (Wildman–Crippen MR) is 78.7 cm³/mol. The van der Waals surface area contributed by atoms with Crippen molar-refractivity contribution >= 4 is 17.2 Å². The van der Waals surface area contributed by atoms with E-state index in [1.54, 1.807) is 18.4 Å². The van der Waals surface area contributed by atoms with Gasteiger partial charge < -0.3 is 20.1 Å². The van der Waals surface area contributed by atoms with Crippen molar-refractivity contribution in [2.24, 2.45) is 5.73 Å². The summed E-state index contributed by atoms with van der Waals surface area (Å²) >= 11 is 1.64. The third kappa shape index (κ3) is 3.79. The van der Waals surface area contributed by atoms with Gasteiger partial charge in [-0.3, -0.25) is 4.79 Å². The number of methoxy groups -OCH3 is 1. The third-order valence-corrected chi connectivity index (χ3v) is 4.23. The Morgan fingerprint density at radius 2 is 2.45 bits per heavy atom. The maximum atomic E-state index is 12.3. The summed E-state index contributed by atoms with van der Waals surface area (Å²) in [6.07, 6.45) is 0.125. The van der Waals surface area contributed by atoms with Gasteiger partial charge in [0.1, 0.15) is 6.10 Å². The van der Waals surface area contributed by atoms with Crippen LogP contribution in [0, 0.1) is 0 Å². The van der Waals surface area contributed by atoms with Crippen molar-refractivity contribution in [1.82, 2.24) is 4.90 Å². The molecule has 3 atom stereocenters. The number of carbonyl (C=O) groups is 1. The molecule has 6 heteroatoms. The summed E-state index contributed by atoms with van der Waals surface area (Å²) in [6.45, 7) is 3.58. The molecule has 3 unspecified atom stereocenters. The van der Waals surface area contributed by atoms with Crippen molar-refractivity contribution in [2.45, 2.75) is 31.7 Å². The Balaban J connectivity index is 1.99. The second-order valence-corrected chi connectivity index (χ2v) is 5.87. The lowest BCUT2D eigenvalue weighted by molar-refractivity contribution is -0.147. The van der Waals surface area contributed by atoms with Crippen LogP contribution in [0.15, 0.2) is 16.8 Å². The van der Waals surface area contributed by atoms with Crippen molar-refractivity contribution < 1.29 is 14.3 Å². The molecule has 0 radical (unpaired) electrons. The highest BCUT2D eigenvalue weighted by atomic mass is 32.1. The van der Waals surface area contributed by atoms with E-state index in [9.17, 15) is 4.79 Å². The molecule has 1 fully saturated rings. The third-order valence-electron chi connectivity index (χ3n) is 3.53. The highest BCUT2D eigenvalue weighted by molar-refractivity contribution is 7.07. The lowest BCUT2D eigenvalue weighted by atomic mass is 10.1. The number of morpholine rings is 1. The summed E-state index contributed by atoms with van der Waals surface area (Å²) in [5.74, 6) is 0.0812. The molecule has 1 aliphatic heterocycles. The average molecular weight is 298 g/mol. The molecule has 2 heterocycles. The molecule has 5 nitrogen and oxygen atoms in total. The van der Waals surface area contributed by atoms with E-state index < -0.39 is 0 Å². The molecule has 0 aliphatic carbocycles. The van der Waals surface area contributed by atoms with Gasteiger partial charge in [0.2, 0.25) is 5.91 Å². The van der Waals surface area contributed by atoms with Crippen molar-refractivity contribution in [1.29, 1.82) is 0 Å². The van der Waals surface area contributed by atoms with Crippen molar-refractivity contribution in [3.8, 4) is 0 Å². The molecule has 2 rings (SSSR count). The maximum Gasteiger partial charge on any atom is 0.225 e. The highest BCUT2D eigenvalue weighted by Crippen LogP contribution is 2.27. The first-order chi connectivity index (χ1) is 9.63. The van der Waals surface area contributed by atoms with Gasteiger partial charge in [-0.1, -0.05) is 0 Å². The first-order valence-corrected chi connectivity index (χ1v) is 7.76. The van der Waals surface area contributed by atoms with Crippen LogP contribution in [0.3, 0.4) is 0 Å². The van der Waals surface area contributed by atoms with Gasteiger partial charge in [0.05, 0.1) is 25.2 Å². The Hall–Kier alpha value is -0.950. The Morgan fingerprint density at radius 1 is 1.65 bits per heavy atom. The molecule has 0 bridgehead atoms. The number of thiophene rings is 1. The van der Waals surface area contributed by atoms with Crippen molar-refractivity contribution in [3.63, 3.8) is 0 Å². The quantitative estimate of drug-likeness (QED) is 0.892. The summed E-state index contributed by atoms with van der Waals surface area (Å²) < 4.78 is 11.1. The van der Waals surface area contributed by atoms with Gasteiger partial charge in [0.25, 0.3) is 0 Å². The Labute approximate surface area is 123 Å². The van der Waals surface area contributed by atoms with Crippen LogP contribution in [-0.4, -0.2) is 49.8 Å². The minimum Gasteiger partial charge on any atom is -0.380 e. The first kappa shape index (κ1) is 15.4. The van der Waals surface area contributed by atoms with Gasteiger partial charge in [0.15, 0.2) is 0 Å². The van der Waals surface area contributed by atoms with Crippen LogP contribution in [-0.2, 0) is 14.3 Å². The van der Waals surface area contributed by atoms with E-state index in [1.807, 2.05) is 23.3 Å². The van der Waals surface area contributed by atoms with Gasteiger partial charge in [-0.05, 0) is 29.3 Å². The molecule has 0 aromatic carbocycles. The van der Waals surface area contributed by atoms with Crippen LogP contribution in [0.25, 0.3) is 0 Å². The molecule has 0 saturated carbocycles. The number of carbonyl (C=O) groups excluding carboxylic acids is 1. The number of ether oxygens (including phenoxy) is 2. The van der Waals surface area contributed by atoms with Crippen LogP contribution < -0.4 is 5.73 Å². The number of nitrogens with zero attached hydrogens (tertiary/aromatic N) is 1. The van der Waals surface area contributed by atoms with Gasteiger partial charge in [-0.15, -0.1) is 0 Å². The summed E-state index contributed by atoms with van der Waals surface area (Å²) in [5, 5.41) is 4.10. The van der Waals surface area contributed by atoms with Crippen molar-refractivity contribution in [3.05, 3.63) is 22.4 Å². The van der Waals surface area contributed by atoms with E-state index in [0.717, 1.165) is 5.56 Å². The van der Waals surface area contributed by atoms with Crippen LogP contribution in [0.5, 0.6) is 0 Å². The molecule has 1 aromatic rings. The van der Waals surface area contributed by atoms with Crippen LogP contribution in [0.2, 0.25) is 0 Å². The van der Waals surface area contributed by atoms with Gasteiger partial charge in [-0.25, -0.2) is 0 Å². The lowest BCUT2D eigenvalue weighted by Crippen LogP contribution is -2.47. The number of nitrogens with two attached hydrogens (primary N) is 1. The standard InChI is InChI=1S/C14H22N2O3S/c1-10-7-16(14(17)5-12(6-15)18-2)8-13(19-10)11-3-4-20-9-11/h3-4,9-10,12-13H,5-8,15H2,1-2H3. The molecule has 1 aromatic heterocycles. The summed E-state index contributed by atoms with van der Waals surface area (Å²) in [6, 6.07) is 2.05. The molecule has 20 heavy (non-hydrogen) atoms. The lowest BCUT2D eigenvalue weighted by Gasteiger charge is -2.37. The van der Waals surface area contributed by atoms with E-state index in [0.29, 0.717) is 26.1 Å². The number of rotatable bonds is 5. The second-order valence-electron chi connectivity index (χ2n) is 5.09. The molecule has 1 aliphatic rings. The minimum absolute atomic E-state index is 0.0344. The molecule has 1 amide bonds. The fourth-order valence-corrected chi connectivity index (χ4v) is 3.09.